The number of aromatic nitrogens is 1. The van der Waals surface area contributed by atoms with E-state index in [0.29, 0.717) is 6.42 Å². The number of nitrogens with one attached hydrogen (secondary N) is 1. The number of pyridine rings is 1. The maximum atomic E-state index is 13.4. The van der Waals surface area contributed by atoms with Crippen LogP contribution in [-0.2, 0) is 4.79 Å². The molecule has 1 saturated carbocycles. The van der Waals surface area contributed by atoms with Gasteiger partial charge in [0, 0.05) is 24.5 Å². The molecule has 2 aromatic carbocycles. The number of aliphatic imine (C=N–C) groups is 1. The van der Waals surface area contributed by atoms with Crippen molar-refractivity contribution in [2.24, 2.45) is 10.9 Å². The van der Waals surface area contributed by atoms with Crippen LogP contribution in [0.5, 0.6) is 0 Å². The molecule has 1 N–H and O–H groups in total. The Morgan fingerprint density at radius 1 is 0.931 bits per heavy atom. The Morgan fingerprint density at radius 2 is 1.76 bits per heavy atom. The first-order chi connectivity index (χ1) is 14.2. The van der Waals surface area contributed by atoms with Crippen LogP contribution in [0.4, 0.5) is 11.4 Å². The van der Waals surface area contributed by atoms with Gasteiger partial charge in [0.1, 0.15) is 5.78 Å². The molecular weight excluding hydrogens is 358 g/mol. The van der Waals surface area contributed by atoms with Crippen LogP contribution in [0.3, 0.4) is 0 Å². The summed E-state index contributed by atoms with van der Waals surface area (Å²) in [5.74, 6) is 0.154. The van der Waals surface area contributed by atoms with Crippen molar-refractivity contribution in [3.05, 3.63) is 89.7 Å². The largest absolute Gasteiger partial charge is 0.375 e. The van der Waals surface area contributed by atoms with E-state index in [2.05, 4.69) is 41.5 Å². The fraction of sp³-hybridized carbons (Fsp3) is 0.240. The van der Waals surface area contributed by atoms with E-state index in [-0.39, 0.29) is 23.7 Å². The van der Waals surface area contributed by atoms with Crippen LogP contribution in [-0.4, -0.2) is 16.5 Å². The van der Waals surface area contributed by atoms with Crippen molar-refractivity contribution < 1.29 is 4.79 Å². The van der Waals surface area contributed by atoms with Crippen molar-refractivity contribution in [3.8, 4) is 0 Å². The molecule has 144 valence electrons. The molecule has 2 heterocycles. The predicted molar refractivity (Wildman–Crippen MR) is 116 cm³/mol. The summed E-state index contributed by atoms with van der Waals surface area (Å²) in [5.41, 5.74) is 6.30. The molecule has 0 bridgehead atoms. The average molecular weight is 381 g/mol. The topological polar surface area (TPSA) is 54.4 Å². The van der Waals surface area contributed by atoms with Gasteiger partial charge < -0.3 is 5.32 Å². The van der Waals surface area contributed by atoms with Crippen LogP contribution >= 0.6 is 0 Å². The molecule has 1 aromatic heterocycles. The summed E-state index contributed by atoms with van der Waals surface area (Å²) in [4.78, 5) is 22.7. The minimum atomic E-state index is -0.270. The van der Waals surface area contributed by atoms with Gasteiger partial charge in [-0.3, -0.25) is 14.8 Å². The smallest absolute Gasteiger partial charge is 0.144 e. The molecule has 1 aliphatic heterocycles. The molecule has 4 heteroatoms. The molecule has 29 heavy (non-hydrogen) atoms. The van der Waals surface area contributed by atoms with E-state index in [9.17, 15) is 4.79 Å². The van der Waals surface area contributed by atoms with Crippen molar-refractivity contribution in [1.82, 2.24) is 4.98 Å². The molecule has 0 saturated heterocycles. The first kappa shape index (κ1) is 17.8. The number of aryl methyl sites for hydroxylation is 1. The monoisotopic (exact) mass is 381 g/mol. The third-order valence-corrected chi connectivity index (χ3v) is 6.01. The second kappa shape index (κ2) is 7.28. The van der Waals surface area contributed by atoms with Gasteiger partial charge in [0.2, 0.25) is 0 Å². The average Bonchev–Trinajstić information content (AvgIpc) is 2.92. The highest BCUT2D eigenvalue weighted by atomic mass is 16.1. The zero-order valence-corrected chi connectivity index (χ0v) is 16.4. The standard InChI is InChI=1S/C25H23N3O/c1-16-8-10-17(11-9-16)19-13-22-24(23(29)14-19)25(18-5-4-12-26-15-18)28-21-7-3-2-6-20(21)27-22/h2-12,15,19,24-25,28H,13-14H2,1H3/t19-,24?,25-/m1/s1. The summed E-state index contributed by atoms with van der Waals surface area (Å²) in [7, 11) is 0. The molecular formula is C25H23N3O. The van der Waals surface area contributed by atoms with Crippen molar-refractivity contribution in [1.29, 1.82) is 0 Å². The molecule has 2 aliphatic rings. The molecule has 1 fully saturated rings. The first-order valence-corrected chi connectivity index (χ1v) is 10.1. The van der Waals surface area contributed by atoms with E-state index in [0.717, 1.165) is 29.1 Å². The zero-order valence-electron chi connectivity index (χ0n) is 16.4. The number of para-hydroxylation sites is 2. The first-order valence-electron chi connectivity index (χ1n) is 10.1. The van der Waals surface area contributed by atoms with Gasteiger partial charge in [0.25, 0.3) is 0 Å². The summed E-state index contributed by atoms with van der Waals surface area (Å²) in [6, 6.07) is 20.4. The lowest BCUT2D eigenvalue weighted by Gasteiger charge is -2.33. The highest BCUT2D eigenvalue weighted by Crippen LogP contribution is 2.43. The number of Topliss-reactive ketones (excluding diaryl/α,β-unsaturated/α-hetero) is 1. The van der Waals surface area contributed by atoms with Crippen LogP contribution < -0.4 is 5.32 Å². The summed E-state index contributed by atoms with van der Waals surface area (Å²) < 4.78 is 0. The maximum absolute atomic E-state index is 13.4. The van der Waals surface area contributed by atoms with Crippen molar-refractivity contribution in [2.45, 2.75) is 31.7 Å². The second-order valence-electron chi connectivity index (χ2n) is 7.99. The molecule has 3 atom stereocenters. The maximum Gasteiger partial charge on any atom is 0.144 e. The van der Waals surface area contributed by atoms with Gasteiger partial charge in [-0.15, -0.1) is 0 Å². The Bertz CT molecular complexity index is 1070. The number of carbonyl (C=O) groups is 1. The molecule has 0 radical (unpaired) electrons. The van der Waals surface area contributed by atoms with E-state index < -0.39 is 0 Å². The van der Waals surface area contributed by atoms with Gasteiger partial charge >= 0.3 is 0 Å². The minimum absolute atomic E-state index is 0.155. The number of ketones is 1. The number of hydrogen-bond acceptors (Lipinski definition) is 4. The van der Waals surface area contributed by atoms with Crippen LogP contribution in [0.15, 0.2) is 78.0 Å². The Labute approximate surface area is 170 Å². The van der Waals surface area contributed by atoms with Crippen LogP contribution in [0.25, 0.3) is 0 Å². The summed E-state index contributed by atoms with van der Waals surface area (Å²) in [5, 5.41) is 3.59. The molecule has 0 spiro atoms. The van der Waals surface area contributed by atoms with E-state index in [1.165, 1.54) is 11.1 Å². The number of carbonyl (C=O) groups excluding carboxylic acids is 1. The lowest BCUT2D eigenvalue weighted by molar-refractivity contribution is -0.122. The molecule has 5 rings (SSSR count). The molecule has 3 aromatic rings. The molecule has 1 aliphatic carbocycles. The van der Waals surface area contributed by atoms with Gasteiger partial charge in [0.05, 0.1) is 23.3 Å². The van der Waals surface area contributed by atoms with E-state index in [1.807, 2.05) is 42.6 Å². The highest BCUT2D eigenvalue weighted by molar-refractivity contribution is 6.10. The molecule has 4 nitrogen and oxygen atoms in total. The third-order valence-electron chi connectivity index (χ3n) is 6.01. The number of nitrogens with zero attached hydrogens (tertiary/aromatic N) is 2. The summed E-state index contributed by atoms with van der Waals surface area (Å²) >= 11 is 0. The van der Waals surface area contributed by atoms with E-state index >= 15 is 0 Å². The molecule has 0 amide bonds. The summed E-state index contributed by atoms with van der Waals surface area (Å²) in [6.45, 7) is 2.09. The van der Waals surface area contributed by atoms with E-state index in [1.54, 1.807) is 6.20 Å². The number of hydrogen-bond donors (Lipinski definition) is 1. The zero-order chi connectivity index (χ0) is 19.8. The van der Waals surface area contributed by atoms with Gasteiger partial charge in [-0.05, 0) is 48.6 Å². The molecule has 1 unspecified atom stereocenters. The number of rotatable bonds is 2. The van der Waals surface area contributed by atoms with Gasteiger partial charge in [-0.25, -0.2) is 0 Å². The fourth-order valence-corrected chi connectivity index (χ4v) is 4.51. The Kier molecular flexibility index (Phi) is 4.47. The van der Waals surface area contributed by atoms with Gasteiger partial charge in [-0.1, -0.05) is 48.0 Å². The van der Waals surface area contributed by atoms with Gasteiger partial charge in [-0.2, -0.15) is 0 Å². The van der Waals surface area contributed by atoms with Crippen LogP contribution in [0, 0.1) is 12.8 Å². The van der Waals surface area contributed by atoms with Crippen molar-refractivity contribution >= 4 is 22.9 Å². The highest BCUT2D eigenvalue weighted by Gasteiger charge is 2.41. The van der Waals surface area contributed by atoms with Crippen LogP contribution in [0.2, 0.25) is 0 Å². The second-order valence-corrected chi connectivity index (χ2v) is 7.99. The fourth-order valence-electron chi connectivity index (χ4n) is 4.51. The normalized spacial score (nSPS) is 23.3. The third kappa shape index (κ3) is 3.35. The van der Waals surface area contributed by atoms with E-state index in [4.69, 9.17) is 4.99 Å². The lowest BCUT2D eigenvalue weighted by atomic mass is 9.72. The predicted octanol–water partition coefficient (Wildman–Crippen LogP) is 5.39. The van der Waals surface area contributed by atoms with Crippen LogP contribution in [0.1, 0.15) is 41.5 Å². The Balaban J connectivity index is 1.58. The summed E-state index contributed by atoms with van der Waals surface area (Å²) in [6.07, 6.45) is 4.95. The van der Waals surface area contributed by atoms with Crippen molar-refractivity contribution in [3.63, 3.8) is 0 Å². The number of benzene rings is 2. The SMILES string of the molecule is Cc1ccc([C@H]2CC(=O)C3C(=Nc4ccccc4N[C@@H]3c3cccnc3)C2)cc1. The minimum Gasteiger partial charge on any atom is -0.375 e. The number of fused-ring (bicyclic) bond motifs is 2. The van der Waals surface area contributed by atoms with Gasteiger partial charge in [0.15, 0.2) is 0 Å². The quantitative estimate of drug-likeness (QED) is 0.647. The number of anilines is 1. The Morgan fingerprint density at radius 3 is 2.55 bits per heavy atom. The lowest BCUT2D eigenvalue weighted by Crippen LogP contribution is -2.38. The Hall–Kier alpha value is -3.27. The van der Waals surface area contributed by atoms with Crippen molar-refractivity contribution in [2.75, 3.05) is 5.32 Å².